The van der Waals surface area contributed by atoms with Gasteiger partial charge >= 0.3 is 6.01 Å². The standard InChI is InChI=1S/C13H18N4O2.ClH/c1-3-18-11-6-4-10(5-7-11)9(2)15-13-17-16-12(8-14)19-13;/h4-7,9H,3,8,14H2,1-2H3,(H,15,17);1H. The second-order valence-corrected chi connectivity index (χ2v) is 4.07. The Morgan fingerprint density at radius 2 is 2.00 bits per heavy atom. The van der Waals surface area contributed by atoms with E-state index >= 15 is 0 Å². The van der Waals surface area contributed by atoms with E-state index in [0.29, 0.717) is 18.5 Å². The van der Waals surface area contributed by atoms with Crippen molar-refractivity contribution in [2.75, 3.05) is 11.9 Å². The predicted molar refractivity (Wildman–Crippen MR) is 79.1 cm³/mol. The van der Waals surface area contributed by atoms with Gasteiger partial charge in [-0.05, 0) is 31.5 Å². The van der Waals surface area contributed by atoms with E-state index in [4.69, 9.17) is 14.9 Å². The first-order chi connectivity index (χ1) is 9.22. The summed E-state index contributed by atoms with van der Waals surface area (Å²) in [6.45, 7) is 4.88. The van der Waals surface area contributed by atoms with Crippen LogP contribution in [0.25, 0.3) is 0 Å². The van der Waals surface area contributed by atoms with Crippen LogP contribution in [0, 0.1) is 0 Å². The maximum atomic E-state index is 5.41. The second-order valence-electron chi connectivity index (χ2n) is 4.07. The van der Waals surface area contributed by atoms with Crippen molar-refractivity contribution in [2.24, 2.45) is 5.73 Å². The normalized spacial score (nSPS) is 11.6. The summed E-state index contributed by atoms with van der Waals surface area (Å²) in [6, 6.07) is 8.32. The molecule has 0 aliphatic carbocycles. The van der Waals surface area contributed by atoms with Crippen LogP contribution in [0.4, 0.5) is 6.01 Å². The van der Waals surface area contributed by atoms with Gasteiger partial charge in [-0.3, -0.25) is 0 Å². The summed E-state index contributed by atoms with van der Waals surface area (Å²) in [5.41, 5.74) is 6.52. The van der Waals surface area contributed by atoms with E-state index in [2.05, 4.69) is 15.5 Å². The third-order valence-corrected chi connectivity index (χ3v) is 2.67. The number of ether oxygens (including phenoxy) is 1. The van der Waals surface area contributed by atoms with Gasteiger partial charge in [-0.2, -0.15) is 0 Å². The van der Waals surface area contributed by atoms with E-state index in [0.717, 1.165) is 11.3 Å². The van der Waals surface area contributed by atoms with Crippen molar-refractivity contribution in [2.45, 2.75) is 26.4 Å². The van der Waals surface area contributed by atoms with Crippen LogP contribution >= 0.6 is 12.4 Å². The average Bonchev–Trinajstić information content (AvgIpc) is 2.87. The molecule has 0 spiro atoms. The van der Waals surface area contributed by atoms with Crippen LogP contribution in [0.2, 0.25) is 0 Å². The number of rotatable bonds is 6. The first kappa shape index (κ1) is 16.3. The van der Waals surface area contributed by atoms with Crippen molar-refractivity contribution in [3.05, 3.63) is 35.7 Å². The monoisotopic (exact) mass is 298 g/mol. The van der Waals surface area contributed by atoms with Gasteiger partial charge in [-0.25, -0.2) is 0 Å². The Morgan fingerprint density at radius 1 is 1.30 bits per heavy atom. The fourth-order valence-electron chi connectivity index (χ4n) is 1.68. The molecule has 1 aromatic carbocycles. The zero-order valence-electron chi connectivity index (χ0n) is 11.5. The molecule has 2 rings (SSSR count). The highest BCUT2D eigenvalue weighted by Crippen LogP contribution is 2.21. The summed E-state index contributed by atoms with van der Waals surface area (Å²) in [5.74, 6) is 1.28. The summed E-state index contributed by atoms with van der Waals surface area (Å²) in [5, 5.41) is 10.8. The molecule has 0 amide bonds. The van der Waals surface area contributed by atoms with Gasteiger partial charge in [0.05, 0.1) is 19.2 Å². The Bertz CT molecular complexity index is 515. The zero-order valence-corrected chi connectivity index (χ0v) is 12.3. The van der Waals surface area contributed by atoms with Gasteiger partial charge in [0.2, 0.25) is 5.89 Å². The van der Waals surface area contributed by atoms with E-state index in [1.165, 1.54) is 0 Å². The Morgan fingerprint density at radius 3 is 2.55 bits per heavy atom. The summed E-state index contributed by atoms with van der Waals surface area (Å²) >= 11 is 0. The summed E-state index contributed by atoms with van der Waals surface area (Å²) in [7, 11) is 0. The number of anilines is 1. The minimum atomic E-state index is 0. The van der Waals surface area contributed by atoms with Crippen LogP contribution in [0.3, 0.4) is 0 Å². The largest absolute Gasteiger partial charge is 0.494 e. The zero-order chi connectivity index (χ0) is 13.7. The number of nitrogens with one attached hydrogen (secondary N) is 1. The van der Waals surface area contributed by atoms with E-state index < -0.39 is 0 Å². The summed E-state index contributed by atoms with van der Waals surface area (Å²) in [6.07, 6.45) is 0. The van der Waals surface area contributed by atoms with Crippen LogP contribution in [0.1, 0.15) is 31.3 Å². The number of hydrogen-bond donors (Lipinski definition) is 2. The average molecular weight is 299 g/mol. The van der Waals surface area contributed by atoms with Crippen LogP contribution < -0.4 is 15.8 Å². The molecule has 0 saturated carbocycles. The van der Waals surface area contributed by atoms with Gasteiger partial charge < -0.3 is 20.2 Å². The molecule has 0 bridgehead atoms. The molecule has 6 nitrogen and oxygen atoms in total. The van der Waals surface area contributed by atoms with Crippen molar-refractivity contribution in [1.82, 2.24) is 10.2 Å². The van der Waals surface area contributed by atoms with E-state index in [9.17, 15) is 0 Å². The highest BCUT2D eigenvalue weighted by atomic mass is 35.5. The van der Waals surface area contributed by atoms with E-state index in [1.54, 1.807) is 0 Å². The molecule has 1 atom stereocenters. The summed E-state index contributed by atoms with van der Waals surface area (Å²) in [4.78, 5) is 0. The first-order valence-corrected chi connectivity index (χ1v) is 6.24. The Labute approximate surface area is 124 Å². The number of benzene rings is 1. The van der Waals surface area contributed by atoms with Gasteiger partial charge in [0.1, 0.15) is 5.75 Å². The Balaban J connectivity index is 0.00000200. The topological polar surface area (TPSA) is 86.2 Å². The number of nitrogens with two attached hydrogens (primary N) is 1. The molecule has 0 saturated heterocycles. The molecular formula is C13H19ClN4O2. The summed E-state index contributed by atoms with van der Waals surface area (Å²) < 4.78 is 10.7. The van der Waals surface area contributed by atoms with E-state index in [1.807, 2.05) is 38.1 Å². The lowest BCUT2D eigenvalue weighted by molar-refractivity contribution is 0.340. The highest BCUT2D eigenvalue weighted by molar-refractivity contribution is 5.85. The predicted octanol–water partition coefficient (Wildman–Crippen LogP) is 2.52. The molecule has 3 N–H and O–H groups in total. The lowest BCUT2D eigenvalue weighted by Gasteiger charge is -2.12. The number of halogens is 1. The molecule has 1 heterocycles. The van der Waals surface area contributed by atoms with Crippen LogP contribution in [-0.4, -0.2) is 16.8 Å². The first-order valence-electron chi connectivity index (χ1n) is 6.24. The highest BCUT2D eigenvalue weighted by Gasteiger charge is 2.10. The smallest absolute Gasteiger partial charge is 0.315 e. The number of aromatic nitrogens is 2. The van der Waals surface area contributed by atoms with Crippen molar-refractivity contribution in [1.29, 1.82) is 0 Å². The molecule has 7 heteroatoms. The number of hydrogen-bond acceptors (Lipinski definition) is 6. The fourth-order valence-corrected chi connectivity index (χ4v) is 1.68. The molecule has 2 aromatic rings. The molecule has 1 aromatic heterocycles. The molecule has 20 heavy (non-hydrogen) atoms. The van der Waals surface area contributed by atoms with Gasteiger partial charge in [0.25, 0.3) is 0 Å². The van der Waals surface area contributed by atoms with Crippen LogP contribution in [-0.2, 0) is 6.54 Å². The molecule has 1 unspecified atom stereocenters. The molecule has 0 fully saturated rings. The van der Waals surface area contributed by atoms with Gasteiger partial charge in [0, 0.05) is 0 Å². The number of nitrogens with zero attached hydrogens (tertiary/aromatic N) is 2. The molecular weight excluding hydrogens is 280 g/mol. The van der Waals surface area contributed by atoms with Crippen molar-refractivity contribution >= 4 is 18.4 Å². The third kappa shape index (κ3) is 4.11. The van der Waals surface area contributed by atoms with E-state index in [-0.39, 0.29) is 25.0 Å². The second kappa shape index (κ2) is 7.72. The van der Waals surface area contributed by atoms with Gasteiger partial charge in [0.15, 0.2) is 0 Å². The molecule has 0 aliphatic heterocycles. The minimum Gasteiger partial charge on any atom is -0.494 e. The lowest BCUT2D eigenvalue weighted by Crippen LogP contribution is -2.06. The molecule has 0 radical (unpaired) electrons. The van der Waals surface area contributed by atoms with Crippen molar-refractivity contribution in [3.63, 3.8) is 0 Å². The Kier molecular flexibility index (Phi) is 6.27. The quantitative estimate of drug-likeness (QED) is 0.852. The Hall–Kier alpha value is -1.79. The van der Waals surface area contributed by atoms with Crippen LogP contribution in [0.15, 0.2) is 28.7 Å². The fraction of sp³-hybridized carbons (Fsp3) is 0.385. The SMILES string of the molecule is CCOc1ccc(C(C)Nc2nnc(CN)o2)cc1.Cl. The van der Waals surface area contributed by atoms with Gasteiger partial charge in [-0.1, -0.05) is 17.2 Å². The maximum Gasteiger partial charge on any atom is 0.315 e. The van der Waals surface area contributed by atoms with Gasteiger partial charge in [-0.15, -0.1) is 17.5 Å². The third-order valence-electron chi connectivity index (χ3n) is 2.67. The molecule has 110 valence electrons. The lowest BCUT2D eigenvalue weighted by atomic mass is 10.1. The maximum absolute atomic E-state index is 5.41. The minimum absolute atomic E-state index is 0. The molecule has 0 aliphatic rings. The van der Waals surface area contributed by atoms with Crippen molar-refractivity contribution in [3.8, 4) is 5.75 Å². The van der Waals surface area contributed by atoms with Crippen molar-refractivity contribution < 1.29 is 9.15 Å². The van der Waals surface area contributed by atoms with Crippen LogP contribution in [0.5, 0.6) is 5.75 Å².